The van der Waals surface area contributed by atoms with Crippen molar-refractivity contribution in [1.29, 1.82) is 0 Å². The normalized spacial score (nSPS) is 11.3. The Labute approximate surface area is 203 Å². The fourth-order valence-corrected chi connectivity index (χ4v) is 4.81. The lowest BCUT2D eigenvalue weighted by molar-refractivity contribution is 0.601. The summed E-state index contributed by atoms with van der Waals surface area (Å²) in [4.78, 5) is 8.73. The molecule has 0 aliphatic rings. The summed E-state index contributed by atoms with van der Waals surface area (Å²) < 4.78 is 28.5. The fourth-order valence-electron chi connectivity index (χ4n) is 2.99. The molecule has 0 amide bonds. The van der Waals surface area contributed by atoms with Crippen molar-refractivity contribution in [3.05, 3.63) is 87.3 Å². The van der Waals surface area contributed by atoms with Crippen LogP contribution in [-0.2, 0) is 10.0 Å². The van der Waals surface area contributed by atoms with Crippen LogP contribution in [0.5, 0.6) is 0 Å². The first-order valence-corrected chi connectivity index (χ1v) is 12.2. The largest absolute Gasteiger partial charge is 0.368 e. The third-order valence-corrected chi connectivity index (χ3v) is 6.98. The molecule has 0 saturated heterocycles. The second-order valence-electron chi connectivity index (χ2n) is 6.76. The Balaban J connectivity index is 1.62. The van der Waals surface area contributed by atoms with Gasteiger partial charge in [0.25, 0.3) is 10.0 Å². The van der Waals surface area contributed by atoms with Crippen LogP contribution >= 0.6 is 39.1 Å². The van der Waals surface area contributed by atoms with Crippen molar-refractivity contribution in [3.8, 4) is 22.5 Å². The van der Waals surface area contributed by atoms with E-state index >= 15 is 0 Å². The molecule has 3 aromatic carbocycles. The lowest BCUT2D eigenvalue weighted by atomic mass is 10.1. The van der Waals surface area contributed by atoms with Gasteiger partial charge in [0.15, 0.2) is 0 Å². The fraction of sp³-hybridized carbons (Fsp3) is 0. The van der Waals surface area contributed by atoms with Gasteiger partial charge in [-0.25, -0.2) is 18.4 Å². The van der Waals surface area contributed by atoms with Gasteiger partial charge >= 0.3 is 0 Å². The molecule has 0 aliphatic carbocycles. The van der Waals surface area contributed by atoms with Gasteiger partial charge in [-0.2, -0.15) is 0 Å². The standard InChI is InChI=1S/C22H15BrCl2N4O2S/c23-14-3-8-17(9-4-14)32(30,31)29-16-6-1-13(2-7-16)20-12-21(28-22(26)27-20)18-10-5-15(24)11-19(18)25/h1-12,29H,(H2,26,27,28). The molecule has 0 atom stereocenters. The third kappa shape index (κ3) is 5.05. The number of halogens is 3. The number of anilines is 2. The van der Waals surface area contributed by atoms with E-state index < -0.39 is 10.0 Å². The first-order chi connectivity index (χ1) is 15.2. The number of hydrogen-bond acceptors (Lipinski definition) is 5. The summed E-state index contributed by atoms with van der Waals surface area (Å²) >= 11 is 15.6. The second kappa shape index (κ2) is 9.07. The van der Waals surface area contributed by atoms with Gasteiger partial charge in [-0.15, -0.1) is 0 Å². The van der Waals surface area contributed by atoms with Crippen LogP contribution < -0.4 is 10.5 Å². The summed E-state index contributed by atoms with van der Waals surface area (Å²) in [6, 6.07) is 20.0. The van der Waals surface area contributed by atoms with E-state index in [1.165, 1.54) is 12.1 Å². The van der Waals surface area contributed by atoms with Gasteiger partial charge in [0.05, 0.1) is 21.3 Å². The van der Waals surface area contributed by atoms with Crippen molar-refractivity contribution in [1.82, 2.24) is 9.97 Å². The third-order valence-electron chi connectivity index (χ3n) is 4.51. The van der Waals surface area contributed by atoms with Crippen molar-refractivity contribution in [2.75, 3.05) is 10.5 Å². The number of rotatable bonds is 5. The molecule has 4 rings (SSSR count). The summed E-state index contributed by atoms with van der Waals surface area (Å²) in [7, 11) is -3.71. The van der Waals surface area contributed by atoms with Crippen LogP contribution in [0.1, 0.15) is 0 Å². The Morgan fingerprint density at radius 3 is 2.16 bits per heavy atom. The molecule has 162 valence electrons. The molecule has 1 heterocycles. The lowest BCUT2D eigenvalue weighted by Crippen LogP contribution is -2.12. The molecule has 10 heteroatoms. The van der Waals surface area contributed by atoms with Gasteiger partial charge in [0.1, 0.15) is 0 Å². The van der Waals surface area contributed by atoms with E-state index in [1.807, 2.05) is 0 Å². The minimum Gasteiger partial charge on any atom is -0.368 e. The van der Waals surface area contributed by atoms with E-state index in [-0.39, 0.29) is 10.8 Å². The maximum Gasteiger partial charge on any atom is 0.261 e. The highest BCUT2D eigenvalue weighted by Gasteiger charge is 2.15. The highest BCUT2D eigenvalue weighted by atomic mass is 79.9. The Morgan fingerprint density at radius 2 is 1.50 bits per heavy atom. The van der Waals surface area contributed by atoms with Crippen molar-refractivity contribution in [2.45, 2.75) is 4.90 Å². The van der Waals surface area contributed by atoms with E-state index in [0.717, 1.165) is 10.0 Å². The summed E-state index contributed by atoms with van der Waals surface area (Å²) in [6.45, 7) is 0. The molecule has 0 unspecified atom stereocenters. The zero-order chi connectivity index (χ0) is 22.9. The highest BCUT2D eigenvalue weighted by molar-refractivity contribution is 9.10. The monoisotopic (exact) mass is 548 g/mol. The number of nitrogen functional groups attached to an aromatic ring is 1. The summed E-state index contributed by atoms with van der Waals surface area (Å²) in [5, 5.41) is 0.960. The Morgan fingerprint density at radius 1 is 0.844 bits per heavy atom. The molecule has 6 nitrogen and oxygen atoms in total. The zero-order valence-electron chi connectivity index (χ0n) is 16.3. The number of nitrogens with two attached hydrogens (primary N) is 1. The average Bonchev–Trinajstić information content (AvgIpc) is 2.74. The van der Waals surface area contributed by atoms with Crippen LogP contribution in [0.2, 0.25) is 10.0 Å². The van der Waals surface area contributed by atoms with Crippen molar-refractivity contribution in [2.24, 2.45) is 0 Å². The minimum absolute atomic E-state index is 0.0866. The number of benzene rings is 3. The molecule has 0 spiro atoms. The van der Waals surface area contributed by atoms with Crippen LogP contribution in [0, 0.1) is 0 Å². The maximum absolute atomic E-state index is 12.6. The average molecular weight is 550 g/mol. The molecule has 4 aromatic rings. The molecule has 0 fully saturated rings. The first-order valence-electron chi connectivity index (χ1n) is 9.20. The second-order valence-corrected chi connectivity index (χ2v) is 10.2. The van der Waals surface area contributed by atoms with Crippen molar-refractivity contribution >= 4 is 60.8 Å². The molecular weight excluding hydrogens is 535 g/mol. The summed E-state index contributed by atoms with van der Waals surface area (Å²) in [5.41, 5.74) is 8.86. The number of sulfonamides is 1. The molecule has 0 saturated carbocycles. The Bertz CT molecular complexity index is 1400. The number of hydrogen-bond donors (Lipinski definition) is 2. The summed E-state index contributed by atoms with van der Waals surface area (Å²) in [5.74, 6) is 0.0866. The van der Waals surface area contributed by atoms with Crippen LogP contribution in [-0.4, -0.2) is 18.4 Å². The maximum atomic E-state index is 12.6. The predicted octanol–water partition coefficient (Wildman–Crippen LogP) is 6.26. The van der Waals surface area contributed by atoms with E-state index in [4.69, 9.17) is 28.9 Å². The SMILES string of the molecule is Nc1nc(-c2ccc(NS(=O)(=O)c3ccc(Br)cc3)cc2)cc(-c2ccc(Cl)cc2Cl)n1. The topological polar surface area (TPSA) is 98.0 Å². The highest BCUT2D eigenvalue weighted by Crippen LogP contribution is 2.32. The van der Waals surface area contributed by atoms with Gasteiger partial charge < -0.3 is 5.73 Å². The molecule has 0 bridgehead atoms. The molecule has 0 aliphatic heterocycles. The number of nitrogens with one attached hydrogen (secondary N) is 1. The zero-order valence-corrected chi connectivity index (χ0v) is 20.2. The van der Waals surface area contributed by atoms with Gasteiger partial charge in [0, 0.05) is 26.3 Å². The van der Waals surface area contributed by atoms with E-state index in [0.29, 0.717) is 32.7 Å². The number of aromatic nitrogens is 2. The van der Waals surface area contributed by atoms with Crippen LogP contribution in [0.3, 0.4) is 0 Å². The lowest BCUT2D eigenvalue weighted by Gasteiger charge is -2.10. The van der Waals surface area contributed by atoms with Crippen molar-refractivity contribution in [3.63, 3.8) is 0 Å². The van der Waals surface area contributed by atoms with Gasteiger partial charge in [-0.1, -0.05) is 51.3 Å². The minimum atomic E-state index is -3.71. The van der Waals surface area contributed by atoms with E-state index in [1.54, 1.807) is 60.7 Å². The van der Waals surface area contributed by atoms with E-state index in [2.05, 4.69) is 30.6 Å². The van der Waals surface area contributed by atoms with Crippen LogP contribution in [0.15, 0.2) is 82.2 Å². The van der Waals surface area contributed by atoms with Gasteiger partial charge in [-0.05, 0) is 60.7 Å². The van der Waals surface area contributed by atoms with Crippen LogP contribution in [0.4, 0.5) is 11.6 Å². The molecule has 1 aromatic heterocycles. The molecule has 0 radical (unpaired) electrons. The first kappa shape index (κ1) is 22.5. The van der Waals surface area contributed by atoms with Crippen molar-refractivity contribution < 1.29 is 8.42 Å². The molecule has 3 N–H and O–H groups in total. The summed E-state index contributed by atoms with van der Waals surface area (Å²) in [6.07, 6.45) is 0. The molecular formula is C22H15BrCl2N4O2S. The van der Waals surface area contributed by atoms with Crippen LogP contribution in [0.25, 0.3) is 22.5 Å². The smallest absolute Gasteiger partial charge is 0.261 e. The van der Waals surface area contributed by atoms with Gasteiger partial charge in [-0.3, -0.25) is 4.72 Å². The van der Waals surface area contributed by atoms with E-state index in [9.17, 15) is 8.42 Å². The Kier molecular flexibility index (Phi) is 6.39. The Hall–Kier alpha value is -2.65. The predicted molar refractivity (Wildman–Crippen MR) is 132 cm³/mol. The quantitative estimate of drug-likeness (QED) is 0.306. The molecule has 32 heavy (non-hydrogen) atoms. The van der Waals surface area contributed by atoms with Gasteiger partial charge in [0.2, 0.25) is 5.95 Å². The number of nitrogens with zero attached hydrogens (tertiary/aromatic N) is 2.